The standard InChI is InChI=1S/C55H35NOS/c1-3-14-38(15-4-1)55(39-16-5-2-6-17-39)48-22-10-7-18-42(48)46-35-41(31-32-49(46)55)56(50-23-13-21-45-43-19-8-11-24-51(43)57-54(45)50)40-29-26-36(27-30-40)37-28-33-53-47(34-37)44-20-9-12-25-52(44)58-53/h1-35H. The molecule has 0 saturated carbocycles. The van der Waals surface area contributed by atoms with Crippen molar-refractivity contribution in [1.82, 2.24) is 0 Å². The molecular weight excluding hydrogens is 723 g/mol. The first-order chi connectivity index (χ1) is 28.8. The average molecular weight is 758 g/mol. The molecule has 0 unspecified atom stereocenters. The molecule has 0 radical (unpaired) electrons. The van der Waals surface area contributed by atoms with Gasteiger partial charge in [0.15, 0.2) is 5.58 Å². The van der Waals surface area contributed by atoms with Crippen LogP contribution >= 0.6 is 11.3 Å². The van der Waals surface area contributed by atoms with E-state index in [1.807, 2.05) is 17.4 Å². The summed E-state index contributed by atoms with van der Waals surface area (Å²) in [5, 5.41) is 4.84. The third-order valence-electron chi connectivity index (χ3n) is 12.2. The molecule has 0 amide bonds. The number of nitrogens with zero attached hydrogens (tertiary/aromatic N) is 1. The maximum atomic E-state index is 6.73. The third kappa shape index (κ3) is 4.84. The van der Waals surface area contributed by atoms with Crippen LogP contribution in [0.3, 0.4) is 0 Å². The van der Waals surface area contributed by atoms with Crippen LogP contribution in [0.5, 0.6) is 0 Å². The lowest BCUT2D eigenvalue weighted by atomic mass is 9.68. The smallest absolute Gasteiger partial charge is 0.159 e. The van der Waals surface area contributed by atoms with Gasteiger partial charge in [0.2, 0.25) is 0 Å². The zero-order valence-electron chi connectivity index (χ0n) is 31.5. The fourth-order valence-corrected chi connectivity index (χ4v) is 10.7. The molecule has 12 rings (SSSR count). The number of anilines is 3. The van der Waals surface area contributed by atoms with E-state index in [0.29, 0.717) is 0 Å². The minimum Gasteiger partial charge on any atom is -0.454 e. The van der Waals surface area contributed by atoms with Gasteiger partial charge in [0.05, 0.1) is 11.1 Å². The van der Waals surface area contributed by atoms with Crippen molar-refractivity contribution in [2.75, 3.05) is 4.90 Å². The highest BCUT2D eigenvalue weighted by atomic mass is 32.1. The van der Waals surface area contributed by atoms with Crippen LogP contribution in [-0.4, -0.2) is 0 Å². The fourth-order valence-electron chi connectivity index (χ4n) is 9.62. The molecule has 0 saturated heterocycles. The molecule has 1 aliphatic rings. The van der Waals surface area contributed by atoms with Crippen LogP contribution in [0.2, 0.25) is 0 Å². The second kappa shape index (κ2) is 12.9. The largest absolute Gasteiger partial charge is 0.454 e. The number of hydrogen-bond donors (Lipinski definition) is 0. The summed E-state index contributed by atoms with van der Waals surface area (Å²) in [4.78, 5) is 2.37. The maximum absolute atomic E-state index is 6.73. The van der Waals surface area contributed by atoms with Gasteiger partial charge in [0.1, 0.15) is 5.58 Å². The van der Waals surface area contributed by atoms with Gasteiger partial charge in [-0.2, -0.15) is 0 Å². The zero-order valence-corrected chi connectivity index (χ0v) is 32.3. The van der Waals surface area contributed by atoms with Crippen molar-refractivity contribution in [3.8, 4) is 22.3 Å². The number of rotatable bonds is 6. The van der Waals surface area contributed by atoms with Gasteiger partial charge in [-0.3, -0.25) is 0 Å². The van der Waals surface area contributed by atoms with Crippen LogP contribution < -0.4 is 4.90 Å². The molecule has 11 aromatic rings. The molecule has 58 heavy (non-hydrogen) atoms. The van der Waals surface area contributed by atoms with Crippen LogP contribution in [0.25, 0.3) is 64.4 Å². The summed E-state index contributed by atoms with van der Waals surface area (Å²) in [5.74, 6) is 0. The Morgan fingerprint density at radius 3 is 1.83 bits per heavy atom. The minimum absolute atomic E-state index is 0.465. The summed E-state index contributed by atoms with van der Waals surface area (Å²) >= 11 is 1.86. The number of para-hydroxylation sites is 2. The first kappa shape index (κ1) is 33.0. The number of fused-ring (bicyclic) bond motifs is 9. The van der Waals surface area contributed by atoms with Gasteiger partial charge in [0.25, 0.3) is 0 Å². The summed E-state index contributed by atoms with van der Waals surface area (Å²) in [5.41, 5.74) is 14.4. The van der Waals surface area contributed by atoms with Gasteiger partial charge in [-0.1, -0.05) is 158 Å². The van der Waals surface area contributed by atoms with E-state index in [1.165, 1.54) is 64.7 Å². The predicted octanol–water partition coefficient (Wildman–Crippen LogP) is 15.5. The molecule has 0 bridgehead atoms. The molecule has 1 aliphatic carbocycles. The summed E-state index contributed by atoms with van der Waals surface area (Å²) in [6, 6.07) is 77.5. The molecule has 2 aromatic heterocycles. The number of benzene rings is 9. The van der Waals surface area contributed by atoms with Crippen molar-refractivity contribution in [3.63, 3.8) is 0 Å². The minimum atomic E-state index is -0.465. The van der Waals surface area contributed by atoms with Crippen LogP contribution in [0.1, 0.15) is 22.3 Å². The Kier molecular flexibility index (Phi) is 7.35. The second-order valence-electron chi connectivity index (χ2n) is 15.2. The second-order valence-corrected chi connectivity index (χ2v) is 16.3. The number of thiophene rings is 1. The lowest BCUT2D eigenvalue weighted by molar-refractivity contribution is 0.669. The first-order valence-electron chi connectivity index (χ1n) is 19.8. The Bertz CT molecular complexity index is 3300. The molecule has 0 N–H and O–H groups in total. The van der Waals surface area contributed by atoms with E-state index in [2.05, 4.69) is 211 Å². The van der Waals surface area contributed by atoms with E-state index in [0.717, 1.165) is 39.0 Å². The Labute approximate surface area is 340 Å². The highest BCUT2D eigenvalue weighted by Crippen LogP contribution is 2.57. The molecule has 0 spiro atoms. The fraction of sp³-hybridized carbons (Fsp3) is 0.0182. The quantitative estimate of drug-likeness (QED) is 0.168. The van der Waals surface area contributed by atoms with E-state index in [4.69, 9.17) is 4.42 Å². The topological polar surface area (TPSA) is 16.4 Å². The van der Waals surface area contributed by atoms with Crippen molar-refractivity contribution >= 4 is 70.5 Å². The van der Waals surface area contributed by atoms with Gasteiger partial charge in [-0.15, -0.1) is 11.3 Å². The van der Waals surface area contributed by atoms with Crippen molar-refractivity contribution in [1.29, 1.82) is 0 Å². The van der Waals surface area contributed by atoms with Gasteiger partial charge in [-0.05, 0) is 99.1 Å². The number of furan rings is 1. The summed E-state index contributed by atoms with van der Waals surface area (Å²) in [7, 11) is 0. The summed E-state index contributed by atoms with van der Waals surface area (Å²) in [6.45, 7) is 0. The Morgan fingerprint density at radius 1 is 0.397 bits per heavy atom. The molecular formula is C55H35NOS. The van der Waals surface area contributed by atoms with Gasteiger partial charge >= 0.3 is 0 Å². The van der Waals surface area contributed by atoms with E-state index in [-0.39, 0.29) is 0 Å². The molecule has 9 aromatic carbocycles. The van der Waals surface area contributed by atoms with Gasteiger partial charge in [-0.25, -0.2) is 0 Å². The molecule has 0 aliphatic heterocycles. The van der Waals surface area contributed by atoms with Gasteiger partial charge < -0.3 is 9.32 Å². The van der Waals surface area contributed by atoms with Crippen LogP contribution in [0, 0.1) is 0 Å². The van der Waals surface area contributed by atoms with Crippen molar-refractivity contribution in [3.05, 3.63) is 235 Å². The normalized spacial score (nSPS) is 13.0. The zero-order chi connectivity index (χ0) is 38.2. The number of hydrogen-bond acceptors (Lipinski definition) is 3. The lowest BCUT2D eigenvalue weighted by Crippen LogP contribution is -2.28. The first-order valence-corrected chi connectivity index (χ1v) is 20.6. The highest BCUT2D eigenvalue weighted by molar-refractivity contribution is 7.25. The van der Waals surface area contributed by atoms with Gasteiger partial charge in [0, 0.05) is 42.3 Å². The van der Waals surface area contributed by atoms with Crippen molar-refractivity contribution in [2.45, 2.75) is 5.41 Å². The molecule has 272 valence electrons. The maximum Gasteiger partial charge on any atom is 0.159 e. The van der Waals surface area contributed by atoms with E-state index in [1.54, 1.807) is 0 Å². The monoisotopic (exact) mass is 757 g/mol. The molecule has 2 heterocycles. The SMILES string of the molecule is c1ccc(C2(c3ccccc3)c3ccccc3-c3cc(N(c4ccc(-c5ccc6sc7ccccc7c6c5)cc4)c4cccc5c4oc4ccccc45)ccc32)cc1. The molecule has 0 fully saturated rings. The van der Waals surface area contributed by atoms with Crippen molar-refractivity contribution < 1.29 is 4.42 Å². The lowest BCUT2D eigenvalue weighted by Gasteiger charge is -2.34. The van der Waals surface area contributed by atoms with Crippen LogP contribution in [-0.2, 0) is 5.41 Å². The Hall–Kier alpha value is -7.20. The predicted molar refractivity (Wildman–Crippen MR) is 244 cm³/mol. The highest BCUT2D eigenvalue weighted by Gasteiger charge is 2.46. The van der Waals surface area contributed by atoms with Crippen molar-refractivity contribution in [2.24, 2.45) is 0 Å². The third-order valence-corrected chi connectivity index (χ3v) is 13.3. The van der Waals surface area contributed by atoms with E-state index < -0.39 is 5.41 Å². The molecule has 0 atom stereocenters. The van der Waals surface area contributed by atoms with Crippen LogP contribution in [0.4, 0.5) is 17.1 Å². The average Bonchev–Trinajstić information content (AvgIpc) is 3.96. The van der Waals surface area contributed by atoms with Crippen LogP contribution in [0.15, 0.2) is 217 Å². The van der Waals surface area contributed by atoms with E-state index >= 15 is 0 Å². The Balaban J connectivity index is 1.07. The molecule has 2 nitrogen and oxygen atoms in total. The summed E-state index contributed by atoms with van der Waals surface area (Å²) < 4.78 is 9.36. The Morgan fingerprint density at radius 2 is 1.02 bits per heavy atom. The molecule has 3 heteroatoms. The van der Waals surface area contributed by atoms with E-state index in [9.17, 15) is 0 Å². The summed E-state index contributed by atoms with van der Waals surface area (Å²) in [6.07, 6.45) is 0.